The highest BCUT2D eigenvalue weighted by Crippen LogP contribution is 2.26. The summed E-state index contributed by atoms with van der Waals surface area (Å²) < 4.78 is 27.8. The van der Waals surface area contributed by atoms with Crippen LogP contribution in [0.2, 0.25) is 0 Å². The molecule has 2 rings (SSSR count). The molecule has 0 atom stereocenters. The van der Waals surface area contributed by atoms with E-state index in [0.29, 0.717) is 30.3 Å². The van der Waals surface area contributed by atoms with Crippen LogP contribution in [0.3, 0.4) is 0 Å². The molecular formula is C42H64N2O10. The average molecular weight is 757 g/mol. The van der Waals surface area contributed by atoms with E-state index in [4.69, 9.17) is 23.7 Å². The Morgan fingerprint density at radius 2 is 1.02 bits per heavy atom. The quantitative estimate of drug-likeness (QED) is 0.0306. The summed E-state index contributed by atoms with van der Waals surface area (Å²) in [4.78, 5) is 50.0. The lowest BCUT2D eigenvalue weighted by Gasteiger charge is -2.21. The topological polar surface area (TPSA) is 144 Å². The molecule has 0 saturated carbocycles. The van der Waals surface area contributed by atoms with Gasteiger partial charge < -0.3 is 28.6 Å². The molecule has 0 N–H and O–H groups in total. The highest BCUT2D eigenvalue weighted by atomic mass is 16.6. The Labute approximate surface area is 322 Å². The van der Waals surface area contributed by atoms with Crippen molar-refractivity contribution in [2.45, 2.75) is 130 Å². The van der Waals surface area contributed by atoms with Gasteiger partial charge in [0, 0.05) is 24.1 Å². The molecule has 54 heavy (non-hydrogen) atoms. The molecule has 1 amide bonds. The van der Waals surface area contributed by atoms with E-state index in [1.807, 2.05) is 0 Å². The number of carbonyl (C=O) groups excluding carboxylic acids is 3. The fourth-order valence-corrected chi connectivity index (χ4v) is 5.93. The number of unbranched alkanes of at least 4 members (excludes halogenated alkanes) is 15. The van der Waals surface area contributed by atoms with Crippen molar-refractivity contribution in [3.05, 3.63) is 58.1 Å². The van der Waals surface area contributed by atoms with Gasteiger partial charge in [-0.3, -0.25) is 24.5 Å². The molecule has 2 aromatic rings. The molecule has 0 heterocycles. The zero-order valence-electron chi connectivity index (χ0n) is 33.0. The highest BCUT2D eigenvalue weighted by Gasteiger charge is 2.24. The Balaban J connectivity index is 1.90. The smallest absolute Gasteiger partial charge is 0.325 e. The number of hydrogen-bond acceptors (Lipinski definition) is 10. The summed E-state index contributed by atoms with van der Waals surface area (Å²) in [5.74, 6) is -0.701. The maximum atomic E-state index is 13.7. The van der Waals surface area contributed by atoms with Gasteiger partial charge in [0.15, 0.2) is 0 Å². The molecule has 0 bridgehead atoms. The lowest BCUT2D eigenvalue weighted by atomic mass is 10.0. The summed E-state index contributed by atoms with van der Waals surface area (Å²) in [6.45, 7) is 5.91. The van der Waals surface area contributed by atoms with Crippen molar-refractivity contribution in [3.63, 3.8) is 0 Å². The van der Waals surface area contributed by atoms with Gasteiger partial charge in [-0.1, -0.05) is 109 Å². The van der Waals surface area contributed by atoms with Crippen LogP contribution in [0, 0.1) is 10.1 Å². The van der Waals surface area contributed by atoms with E-state index in [9.17, 15) is 24.5 Å². The maximum absolute atomic E-state index is 13.7. The lowest BCUT2D eigenvalue weighted by Crippen LogP contribution is -2.40. The minimum atomic E-state index is -0.647. The fourth-order valence-electron chi connectivity index (χ4n) is 5.93. The van der Waals surface area contributed by atoms with Crippen molar-refractivity contribution in [2.75, 3.05) is 46.1 Å². The number of rotatable bonds is 32. The number of amides is 1. The maximum Gasteiger partial charge on any atom is 0.325 e. The Hall–Kier alpha value is -4.35. The van der Waals surface area contributed by atoms with Gasteiger partial charge in [0.1, 0.15) is 30.3 Å². The predicted molar refractivity (Wildman–Crippen MR) is 209 cm³/mol. The zero-order valence-corrected chi connectivity index (χ0v) is 33.0. The normalized spacial score (nSPS) is 10.8. The van der Waals surface area contributed by atoms with Crippen LogP contribution in [0.1, 0.15) is 140 Å². The summed E-state index contributed by atoms with van der Waals surface area (Å²) in [6.07, 6.45) is 20.9. The van der Waals surface area contributed by atoms with E-state index in [1.165, 1.54) is 102 Å². The number of nitrogens with zero attached hydrogens (tertiary/aromatic N) is 2. The van der Waals surface area contributed by atoms with Crippen LogP contribution in [0.15, 0.2) is 42.5 Å². The molecule has 12 nitrogen and oxygen atoms in total. The molecule has 0 fully saturated rings. The Morgan fingerprint density at radius 3 is 1.48 bits per heavy atom. The van der Waals surface area contributed by atoms with Crippen LogP contribution in [0.4, 0.5) is 5.69 Å². The minimum absolute atomic E-state index is 0.0581. The first-order valence-corrected chi connectivity index (χ1v) is 20.2. The second-order valence-electron chi connectivity index (χ2n) is 13.4. The fraction of sp³-hybridized carbons (Fsp3) is 0.643. The Morgan fingerprint density at radius 1 is 0.574 bits per heavy atom. The molecule has 0 aliphatic heterocycles. The van der Waals surface area contributed by atoms with E-state index in [0.717, 1.165) is 24.2 Å². The molecule has 0 aromatic heterocycles. The van der Waals surface area contributed by atoms with Crippen molar-refractivity contribution in [1.82, 2.24) is 4.90 Å². The largest absolute Gasteiger partial charge is 0.493 e. The standard InChI is InChI=1S/C42H64N2O10/c1-4-7-8-9-10-11-12-13-14-15-16-17-18-19-20-21-26-53-38-29-35(42(47)43(33-40(45)50-5-2)34-41(46)51-6-3)30-39(32-38)54-28-23-27-52-37-25-22-24-36(31-37)44(48)49/h22,24-25,29-32H,4-21,23,26-28,33-34H2,1-3H3. The second kappa shape index (κ2) is 29.1. The van der Waals surface area contributed by atoms with E-state index >= 15 is 0 Å². The van der Waals surface area contributed by atoms with Crippen LogP contribution < -0.4 is 14.2 Å². The van der Waals surface area contributed by atoms with Crippen LogP contribution in [0.25, 0.3) is 0 Å². The first-order chi connectivity index (χ1) is 26.3. The number of benzene rings is 2. The molecule has 2 aromatic carbocycles. The number of nitro groups is 1. The van der Waals surface area contributed by atoms with Gasteiger partial charge in [-0.25, -0.2) is 0 Å². The zero-order chi connectivity index (χ0) is 39.2. The van der Waals surface area contributed by atoms with Gasteiger partial charge in [0.2, 0.25) is 0 Å². The number of carbonyl (C=O) groups is 3. The van der Waals surface area contributed by atoms with Crippen molar-refractivity contribution in [2.24, 2.45) is 0 Å². The monoisotopic (exact) mass is 756 g/mol. The summed E-state index contributed by atoms with van der Waals surface area (Å²) in [6, 6.07) is 10.8. The first kappa shape index (κ1) is 45.8. The number of nitro benzene ring substituents is 1. The molecule has 0 aliphatic carbocycles. The van der Waals surface area contributed by atoms with Gasteiger partial charge in [-0.05, 0) is 38.5 Å². The van der Waals surface area contributed by atoms with Gasteiger partial charge >= 0.3 is 11.9 Å². The number of hydrogen-bond donors (Lipinski definition) is 0. The van der Waals surface area contributed by atoms with Crippen LogP contribution in [-0.4, -0.2) is 73.8 Å². The molecule has 302 valence electrons. The molecule has 0 saturated heterocycles. The summed E-state index contributed by atoms with van der Waals surface area (Å²) in [5.41, 5.74) is 0.119. The lowest BCUT2D eigenvalue weighted by molar-refractivity contribution is -0.384. The van der Waals surface area contributed by atoms with E-state index in [-0.39, 0.29) is 37.7 Å². The third kappa shape index (κ3) is 20.8. The minimum Gasteiger partial charge on any atom is -0.493 e. The predicted octanol–water partition coefficient (Wildman–Crippen LogP) is 9.65. The van der Waals surface area contributed by atoms with Gasteiger partial charge in [0.05, 0.1) is 44.0 Å². The van der Waals surface area contributed by atoms with Crippen LogP contribution in [0.5, 0.6) is 17.2 Å². The van der Waals surface area contributed by atoms with Crippen molar-refractivity contribution < 1.29 is 43.0 Å². The number of ether oxygens (including phenoxy) is 5. The number of esters is 2. The van der Waals surface area contributed by atoms with E-state index in [1.54, 1.807) is 38.1 Å². The average Bonchev–Trinajstić information content (AvgIpc) is 3.15. The van der Waals surface area contributed by atoms with E-state index in [2.05, 4.69) is 6.92 Å². The van der Waals surface area contributed by atoms with Crippen molar-refractivity contribution in [3.8, 4) is 17.2 Å². The molecule has 12 heteroatoms. The molecule has 0 radical (unpaired) electrons. The van der Waals surface area contributed by atoms with Gasteiger partial charge in [0.25, 0.3) is 11.6 Å². The summed E-state index contributed by atoms with van der Waals surface area (Å²) >= 11 is 0. The SMILES string of the molecule is CCCCCCCCCCCCCCCCCCOc1cc(OCCCOc2cccc([N+](=O)[O-])c2)cc(C(=O)N(CC(=O)OCC)CC(=O)OCC)c1. The second-order valence-corrected chi connectivity index (χ2v) is 13.4. The summed E-state index contributed by atoms with van der Waals surface area (Å²) in [7, 11) is 0. The van der Waals surface area contributed by atoms with E-state index < -0.39 is 35.9 Å². The van der Waals surface area contributed by atoms with Crippen molar-refractivity contribution in [1.29, 1.82) is 0 Å². The third-order valence-electron chi connectivity index (χ3n) is 8.79. The molecule has 0 aliphatic rings. The number of non-ortho nitro benzene ring substituents is 1. The molecule has 0 unspecified atom stereocenters. The first-order valence-electron chi connectivity index (χ1n) is 20.2. The van der Waals surface area contributed by atoms with Gasteiger partial charge in [-0.2, -0.15) is 0 Å². The van der Waals surface area contributed by atoms with Crippen LogP contribution in [-0.2, 0) is 19.1 Å². The Bertz CT molecular complexity index is 1350. The third-order valence-corrected chi connectivity index (χ3v) is 8.79. The highest BCUT2D eigenvalue weighted by molar-refractivity contribution is 5.98. The van der Waals surface area contributed by atoms with Crippen LogP contribution >= 0.6 is 0 Å². The molecular weight excluding hydrogens is 692 g/mol. The Kier molecular flexibility index (Phi) is 24.7. The van der Waals surface area contributed by atoms with Crippen molar-refractivity contribution >= 4 is 23.5 Å². The molecule has 0 spiro atoms. The summed E-state index contributed by atoms with van der Waals surface area (Å²) in [5, 5.41) is 11.1. The van der Waals surface area contributed by atoms with Gasteiger partial charge in [-0.15, -0.1) is 0 Å².